The number of nitrogens with one attached hydrogen (secondary N) is 1. The maximum Gasteiger partial charge on any atom is 0.217 e. The molecule has 0 saturated carbocycles. The smallest absolute Gasteiger partial charge is 0.217 e. The number of nitrogens with zero attached hydrogens (tertiary/aromatic N) is 4. The first-order valence-corrected chi connectivity index (χ1v) is 9.45. The quantitative estimate of drug-likeness (QED) is 0.865. The van der Waals surface area contributed by atoms with Crippen LogP contribution < -0.4 is 5.32 Å². The van der Waals surface area contributed by atoms with Crippen LogP contribution in [0.2, 0.25) is 0 Å². The molecule has 0 radical (unpaired) electrons. The standard InChI is InChI=1S/C20H29N5O/c1-5-25-15(3)18(14(2)23-25)13-24-10-6-7-20(24)19-9-8-17(12-22-19)11-21-16(4)26/h8-9,12,20H,5-7,10-11,13H2,1-4H3,(H,21,26)/t20-/m0/s1. The lowest BCUT2D eigenvalue weighted by Crippen LogP contribution is -2.24. The van der Waals surface area contributed by atoms with Gasteiger partial charge in [0.05, 0.1) is 17.4 Å². The molecule has 3 heterocycles. The average molecular weight is 355 g/mol. The molecule has 0 aliphatic carbocycles. The van der Waals surface area contributed by atoms with Crippen LogP contribution in [0.5, 0.6) is 0 Å². The second kappa shape index (κ2) is 7.99. The third-order valence-electron chi connectivity index (χ3n) is 5.29. The van der Waals surface area contributed by atoms with Gasteiger partial charge in [-0.15, -0.1) is 0 Å². The van der Waals surface area contributed by atoms with E-state index < -0.39 is 0 Å². The molecule has 0 unspecified atom stereocenters. The Bertz CT molecular complexity index is 765. The minimum atomic E-state index is -0.0191. The molecule has 1 aliphatic heterocycles. The van der Waals surface area contributed by atoms with Gasteiger partial charge in [-0.3, -0.25) is 19.4 Å². The molecule has 1 amide bonds. The van der Waals surface area contributed by atoms with Crippen molar-refractivity contribution in [1.29, 1.82) is 0 Å². The first-order chi connectivity index (χ1) is 12.5. The van der Waals surface area contributed by atoms with Gasteiger partial charge in [-0.25, -0.2) is 0 Å². The van der Waals surface area contributed by atoms with E-state index in [4.69, 9.17) is 0 Å². The third-order valence-corrected chi connectivity index (χ3v) is 5.29. The fourth-order valence-corrected chi connectivity index (χ4v) is 3.79. The van der Waals surface area contributed by atoms with Crippen molar-refractivity contribution in [2.24, 2.45) is 0 Å². The Morgan fingerprint density at radius 1 is 1.35 bits per heavy atom. The van der Waals surface area contributed by atoms with E-state index in [1.807, 2.05) is 6.20 Å². The predicted octanol–water partition coefficient (Wildman–Crippen LogP) is 2.89. The topological polar surface area (TPSA) is 63.1 Å². The number of amides is 1. The number of hydrogen-bond acceptors (Lipinski definition) is 4. The lowest BCUT2D eigenvalue weighted by molar-refractivity contribution is -0.119. The van der Waals surface area contributed by atoms with Crippen molar-refractivity contribution in [1.82, 2.24) is 25.0 Å². The second-order valence-corrected chi connectivity index (χ2v) is 7.09. The summed E-state index contributed by atoms with van der Waals surface area (Å²) in [6.07, 6.45) is 4.21. The van der Waals surface area contributed by atoms with Crippen molar-refractivity contribution in [3.05, 3.63) is 46.5 Å². The Hall–Kier alpha value is -2.21. The molecule has 2 aromatic rings. The first kappa shape index (κ1) is 18.6. The van der Waals surface area contributed by atoms with Gasteiger partial charge in [0.15, 0.2) is 0 Å². The summed E-state index contributed by atoms with van der Waals surface area (Å²) in [5.74, 6) is -0.0191. The van der Waals surface area contributed by atoms with Gasteiger partial charge in [-0.1, -0.05) is 6.07 Å². The average Bonchev–Trinajstić information content (AvgIpc) is 3.20. The summed E-state index contributed by atoms with van der Waals surface area (Å²) in [4.78, 5) is 18.2. The van der Waals surface area contributed by atoms with E-state index in [9.17, 15) is 4.79 Å². The Labute approximate surface area is 155 Å². The fourth-order valence-electron chi connectivity index (χ4n) is 3.79. The number of pyridine rings is 1. The largest absolute Gasteiger partial charge is 0.352 e. The van der Waals surface area contributed by atoms with Crippen LogP contribution in [0.3, 0.4) is 0 Å². The monoisotopic (exact) mass is 355 g/mol. The minimum Gasteiger partial charge on any atom is -0.352 e. The maximum absolute atomic E-state index is 11.0. The summed E-state index contributed by atoms with van der Waals surface area (Å²) in [5.41, 5.74) is 5.90. The highest BCUT2D eigenvalue weighted by molar-refractivity contribution is 5.72. The van der Waals surface area contributed by atoms with Gasteiger partial charge in [-0.2, -0.15) is 5.10 Å². The zero-order valence-corrected chi connectivity index (χ0v) is 16.2. The van der Waals surface area contributed by atoms with Crippen molar-refractivity contribution in [3.63, 3.8) is 0 Å². The zero-order valence-electron chi connectivity index (χ0n) is 16.2. The molecular weight excluding hydrogens is 326 g/mol. The number of carbonyl (C=O) groups is 1. The van der Waals surface area contributed by atoms with E-state index in [2.05, 4.69) is 57.9 Å². The highest BCUT2D eigenvalue weighted by atomic mass is 16.1. The SMILES string of the molecule is CCn1nc(C)c(CN2CCC[C@H]2c2ccc(CNC(C)=O)cn2)c1C. The number of likely N-dealkylation sites (tertiary alicyclic amines) is 1. The molecule has 0 spiro atoms. The Morgan fingerprint density at radius 3 is 2.77 bits per heavy atom. The highest BCUT2D eigenvalue weighted by Gasteiger charge is 2.28. The van der Waals surface area contributed by atoms with Crippen molar-refractivity contribution in [2.75, 3.05) is 6.54 Å². The lowest BCUT2D eigenvalue weighted by atomic mass is 10.1. The molecule has 3 rings (SSSR count). The van der Waals surface area contributed by atoms with Crippen LogP contribution in [0.25, 0.3) is 0 Å². The molecular formula is C20H29N5O. The number of carbonyl (C=O) groups excluding carboxylic acids is 1. The van der Waals surface area contributed by atoms with Crippen LogP contribution >= 0.6 is 0 Å². The van der Waals surface area contributed by atoms with Crippen LogP contribution in [0.4, 0.5) is 0 Å². The van der Waals surface area contributed by atoms with Gasteiger partial charge in [0.1, 0.15) is 0 Å². The predicted molar refractivity (Wildman–Crippen MR) is 102 cm³/mol. The molecule has 0 bridgehead atoms. The number of rotatable bonds is 6. The summed E-state index contributed by atoms with van der Waals surface area (Å²) in [6, 6.07) is 4.53. The van der Waals surface area contributed by atoms with Crippen LogP contribution in [-0.4, -0.2) is 32.1 Å². The summed E-state index contributed by atoms with van der Waals surface area (Å²) in [7, 11) is 0. The molecule has 1 aliphatic rings. The first-order valence-electron chi connectivity index (χ1n) is 9.45. The van der Waals surface area contributed by atoms with Gasteiger partial charge in [0, 0.05) is 44.0 Å². The zero-order chi connectivity index (χ0) is 18.7. The van der Waals surface area contributed by atoms with E-state index in [1.165, 1.54) is 24.6 Å². The second-order valence-electron chi connectivity index (χ2n) is 7.09. The Morgan fingerprint density at radius 2 is 2.15 bits per heavy atom. The van der Waals surface area contributed by atoms with Gasteiger partial charge in [0.2, 0.25) is 5.91 Å². The third kappa shape index (κ3) is 3.96. The summed E-state index contributed by atoms with van der Waals surface area (Å²) < 4.78 is 2.09. The Kier molecular flexibility index (Phi) is 5.71. The Balaban J connectivity index is 1.72. The number of aromatic nitrogens is 3. The van der Waals surface area contributed by atoms with Crippen molar-refractivity contribution >= 4 is 5.91 Å². The van der Waals surface area contributed by atoms with E-state index in [0.717, 1.165) is 43.0 Å². The number of aryl methyl sites for hydroxylation is 2. The summed E-state index contributed by atoms with van der Waals surface area (Å²) in [6.45, 7) is 11.4. The maximum atomic E-state index is 11.0. The van der Waals surface area contributed by atoms with E-state index in [1.54, 1.807) is 0 Å². The summed E-state index contributed by atoms with van der Waals surface area (Å²) >= 11 is 0. The van der Waals surface area contributed by atoms with E-state index >= 15 is 0 Å². The summed E-state index contributed by atoms with van der Waals surface area (Å²) in [5, 5.41) is 7.47. The van der Waals surface area contributed by atoms with Crippen molar-refractivity contribution < 1.29 is 4.79 Å². The molecule has 1 atom stereocenters. The van der Waals surface area contributed by atoms with Crippen LogP contribution in [0, 0.1) is 13.8 Å². The van der Waals surface area contributed by atoms with E-state index in [0.29, 0.717) is 12.6 Å². The molecule has 1 N–H and O–H groups in total. The van der Waals surface area contributed by atoms with Crippen LogP contribution in [0.1, 0.15) is 60.9 Å². The van der Waals surface area contributed by atoms with Gasteiger partial charge in [0.25, 0.3) is 0 Å². The van der Waals surface area contributed by atoms with Crippen molar-refractivity contribution in [2.45, 2.75) is 66.2 Å². The normalized spacial score (nSPS) is 17.6. The van der Waals surface area contributed by atoms with Gasteiger partial charge >= 0.3 is 0 Å². The molecule has 1 saturated heterocycles. The van der Waals surface area contributed by atoms with Gasteiger partial charge in [-0.05, 0) is 51.8 Å². The molecule has 140 valence electrons. The lowest BCUT2D eigenvalue weighted by Gasteiger charge is -2.24. The molecule has 6 heteroatoms. The number of hydrogen-bond donors (Lipinski definition) is 1. The molecule has 1 fully saturated rings. The molecule has 0 aromatic carbocycles. The molecule has 6 nitrogen and oxygen atoms in total. The minimum absolute atomic E-state index is 0.0191. The molecule has 2 aromatic heterocycles. The molecule has 26 heavy (non-hydrogen) atoms. The van der Waals surface area contributed by atoms with Crippen LogP contribution in [-0.2, 0) is 24.4 Å². The fraction of sp³-hybridized carbons (Fsp3) is 0.550. The van der Waals surface area contributed by atoms with Crippen LogP contribution in [0.15, 0.2) is 18.3 Å². The van der Waals surface area contributed by atoms with Crippen molar-refractivity contribution in [3.8, 4) is 0 Å². The van der Waals surface area contributed by atoms with Gasteiger partial charge < -0.3 is 5.32 Å². The van der Waals surface area contributed by atoms with E-state index in [-0.39, 0.29) is 5.91 Å². The highest BCUT2D eigenvalue weighted by Crippen LogP contribution is 2.33.